The van der Waals surface area contributed by atoms with Crippen molar-refractivity contribution in [3.05, 3.63) is 76.9 Å². The average Bonchev–Trinajstić information content (AvgIpc) is 2.57. The molecule has 1 aromatic heterocycles. The lowest BCUT2D eigenvalue weighted by Gasteiger charge is -2.12. The highest BCUT2D eigenvalue weighted by Gasteiger charge is 2.08. The number of benzene rings is 2. The van der Waals surface area contributed by atoms with Gasteiger partial charge in [-0.2, -0.15) is 0 Å². The lowest BCUT2D eigenvalue weighted by Crippen LogP contribution is -1.95. The highest BCUT2D eigenvalue weighted by Crippen LogP contribution is 2.33. The Labute approximate surface area is 145 Å². The van der Waals surface area contributed by atoms with Crippen LogP contribution in [0.4, 0.5) is 5.82 Å². The van der Waals surface area contributed by atoms with Crippen molar-refractivity contribution in [3.63, 3.8) is 0 Å². The number of nitrogens with zero attached hydrogens (tertiary/aromatic N) is 1. The van der Waals surface area contributed by atoms with Crippen LogP contribution in [0.2, 0.25) is 5.02 Å². The van der Waals surface area contributed by atoms with E-state index < -0.39 is 0 Å². The van der Waals surface area contributed by atoms with Gasteiger partial charge in [0.2, 0.25) is 0 Å². The molecule has 0 fully saturated rings. The number of methoxy groups -OCH3 is 1. The number of anilines is 1. The molecule has 0 saturated carbocycles. The topological polar surface area (TPSA) is 57.4 Å². The first kappa shape index (κ1) is 16.1. The predicted octanol–water partition coefficient (Wildman–Crippen LogP) is 4.71. The van der Waals surface area contributed by atoms with E-state index in [0.29, 0.717) is 28.1 Å². The number of rotatable bonds is 5. The molecule has 122 valence electrons. The first-order chi connectivity index (χ1) is 11.6. The molecular weight excluding hydrogens is 324 g/mol. The first-order valence-corrected chi connectivity index (χ1v) is 7.82. The molecule has 24 heavy (non-hydrogen) atoms. The van der Waals surface area contributed by atoms with Gasteiger partial charge in [-0.3, -0.25) is 0 Å². The number of aromatic nitrogens is 1. The van der Waals surface area contributed by atoms with E-state index in [9.17, 15) is 0 Å². The number of pyridine rings is 1. The van der Waals surface area contributed by atoms with Gasteiger partial charge < -0.3 is 15.2 Å². The van der Waals surface area contributed by atoms with Crippen molar-refractivity contribution in [2.45, 2.75) is 6.42 Å². The van der Waals surface area contributed by atoms with Crippen molar-refractivity contribution in [2.75, 3.05) is 12.8 Å². The standard InChI is InChI=1S/C19H17ClN2O2/c1-23-17-7-5-13(9-14-6-8-19(21)22-12-14)10-18(17)24-16-4-2-3-15(20)11-16/h2-8,10-12H,9H2,1H3,(H2,21,22). The van der Waals surface area contributed by atoms with Crippen molar-refractivity contribution in [1.82, 2.24) is 4.98 Å². The average molecular weight is 341 g/mol. The van der Waals surface area contributed by atoms with Gasteiger partial charge in [0, 0.05) is 11.2 Å². The van der Waals surface area contributed by atoms with Gasteiger partial charge in [-0.05, 0) is 53.9 Å². The fraction of sp³-hybridized carbons (Fsp3) is 0.105. The Morgan fingerprint density at radius 1 is 1.00 bits per heavy atom. The minimum atomic E-state index is 0.512. The van der Waals surface area contributed by atoms with Crippen molar-refractivity contribution in [2.24, 2.45) is 0 Å². The summed E-state index contributed by atoms with van der Waals surface area (Å²) < 4.78 is 11.3. The molecule has 0 aliphatic heterocycles. The smallest absolute Gasteiger partial charge is 0.169 e. The van der Waals surface area contributed by atoms with E-state index in [1.165, 1.54) is 0 Å². The van der Waals surface area contributed by atoms with Gasteiger partial charge in [-0.1, -0.05) is 29.8 Å². The molecule has 3 aromatic rings. The molecule has 0 unspecified atom stereocenters. The Balaban J connectivity index is 1.86. The summed E-state index contributed by atoms with van der Waals surface area (Å²) in [6, 6.07) is 16.9. The van der Waals surface area contributed by atoms with E-state index in [1.54, 1.807) is 31.5 Å². The number of halogens is 1. The summed E-state index contributed by atoms with van der Waals surface area (Å²) in [6.45, 7) is 0. The maximum absolute atomic E-state index is 6.01. The molecule has 0 radical (unpaired) electrons. The maximum Gasteiger partial charge on any atom is 0.169 e. The van der Waals surface area contributed by atoms with Crippen LogP contribution in [0.3, 0.4) is 0 Å². The summed E-state index contributed by atoms with van der Waals surface area (Å²) >= 11 is 6.01. The fourth-order valence-corrected chi connectivity index (χ4v) is 2.52. The molecule has 2 aromatic carbocycles. The molecule has 2 N–H and O–H groups in total. The van der Waals surface area contributed by atoms with Gasteiger partial charge in [0.15, 0.2) is 11.5 Å². The second-order valence-corrected chi connectivity index (χ2v) is 5.75. The van der Waals surface area contributed by atoms with E-state index in [1.807, 2.05) is 36.4 Å². The molecule has 3 rings (SSSR count). The molecule has 1 heterocycles. The molecule has 5 heteroatoms. The van der Waals surface area contributed by atoms with Crippen LogP contribution < -0.4 is 15.2 Å². The van der Waals surface area contributed by atoms with Crippen LogP contribution in [0, 0.1) is 0 Å². The third-order valence-electron chi connectivity index (χ3n) is 3.51. The van der Waals surface area contributed by atoms with Gasteiger partial charge >= 0.3 is 0 Å². The number of ether oxygens (including phenoxy) is 2. The second kappa shape index (κ2) is 7.23. The third kappa shape index (κ3) is 3.97. The van der Waals surface area contributed by atoms with Crippen molar-refractivity contribution in [1.29, 1.82) is 0 Å². The lowest BCUT2D eigenvalue weighted by atomic mass is 10.1. The lowest BCUT2D eigenvalue weighted by molar-refractivity contribution is 0.378. The Morgan fingerprint density at radius 3 is 2.54 bits per heavy atom. The zero-order valence-electron chi connectivity index (χ0n) is 13.2. The molecule has 4 nitrogen and oxygen atoms in total. The Hall–Kier alpha value is -2.72. The van der Waals surface area contributed by atoms with E-state index in [0.717, 1.165) is 17.5 Å². The molecule has 0 spiro atoms. The van der Waals surface area contributed by atoms with Crippen LogP contribution in [-0.4, -0.2) is 12.1 Å². The van der Waals surface area contributed by atoms with Crippen molar-refractivity contribution in [3.8, 4) is 17.2 Å². The van der Waals surface area contributed by atoms with Gasteiger partial charge in [0.05, 0.1) is 7.11 Å². The molecule has 0 bridgehead atoms. The Morgan fingerprint density at radius 2 is 1.83 bits per heavy atom. The number of hydrogen-bond donors (Lipinski definition) is 1. The van der Waals surface area contributed by atoms with E-state index in [4.69, 9.17) is 26.8 Å². The first-order valence-electron chi connectivity index (χ1n) is 7.45. The van der Waals surface area contributed by atoms with Gasteiger partial charge in [-0.25, -0.2) is 4.98 Å². The summed E-state index contributed by atoms with van der Waals surface area (Å²) in [5, 5.41) is 0.621. The summed E-state index contributed by atoms with van der Waals surface area (Å²) in [7, 11) is 1.61. The van der Waals surface area contributed by atoms with Crippen LogP contribution >= 0.6 is 11.6 Å². The van der Waals surface area contributed by atoms with Crippen LogP contribution in [0.5, 0.6) is 17.2 Å². The minimum Gasteiger partial charge on any atom is -0.493 e. The SMILES string of the molecule is COc1ccc(Cc2ccc(N)nc2)cc1Oc1cccc(Cl)c1. The monoisotopic (exact) mass is 340 g/mol. The predicted molar refractivity (Wildman–Crippen MR) is 96.0 cm³/mol. The summed E-state index contributed by atoms with van der Waals surface area (Å²) in [6.07, 6.45) is 2.50. The van der Waals surface area contributed by atoms with Gasteiger partial charge in [0.25, 0.3) is 0 Å². The van der Waals surface area contributed by atoms with Crippen LogP contribution in [0.25, 0.3) is 0 Å². The van der Waals surface area contributed by atoms with Crippen LogP contribution in [0.1, 0.15) is 11.1 Å². The zero-order valence-corrected chi connectivity index (χ0v) is 14.0. The van der Waals surface area contributed by atoms with E-state index in [2.05, 4.69) is 4.98 Å². The molecule has 0 aliphatic rings. The van der Waals surface area contributed by atoms with Crippen LogP contribution in [0.15, 0.2) is 60.8 Å². The van der Waals surface area contributed by atoms with Crippen molar-refractivity contribution >= 4 is 17.4 Å². The molecule has 0 saturated heterocycles. The van der Waals surface area contributed by atoms with E-state index >= 15 is 0 Å². The normalized spacial score (nSPS) is 10.4. The highest BCUT2D eigenvalue weighted by atomic mass is 35.5. The second-order valence-electron chi connectivity index (χ2n) is 5.31. The molecular formula is C19H17ClN2O2. The van der Waals surface area contributed by atoms with Crippen molar-refractivity contribution < 1.29 is 9.47 Å². The quantitative estimate of drug-likeness (QED) is 0.730. The summed E-state index contributed by atoms with van der Waals surface area (Å²) in [5.74, 6) is 2.47. The third-order valence-corrected chi connectivity index (χ3v) is 3.74. The fourth-order valence-electron chi connectivity index (χ4n) is 2.34. The highest BCUT2D eigenvalue weighted by molar-refractivity contribution is 6.30. The summed E-state index contributed by atoms with van der Waals surface area (Å²) in [4.78, 5) is 4.12. The minimum absolute atomic E-state index is 0.512. The maximum atomic E-state index is 6.01. The van der Waals surface area contributed by atoms with Gasteiger partial charge in [0.1, 0.15) is 11.6 Å². The van der Waals surface area contributed by atoms with E-state index in [-0.39, 0.29) is 0 Å². The Kier molecular flexibility index (Phi) is 4.87. The molecule has 0 atom stereocenters. The summed E-state index contributed by atoms with van der Waals surface area (Å²) in [5.41, 5.74) is 7.78. The number of nitrogens with two attached hydrogens (primary N) is 1. The zero-order chi connectivity index (χ0) is 16.9. The molecule has 0 aliphatic carbocycles. The number of nitrogen functional groups attached to an aromatic ring is 1. The van der Waals surface area contributed by atoms with Gasteiger partial charge in [-0.15, -0.1) is 0 Å². The Bertz CT molecular complexity index is 835. The largest absolute Gasteiger partial charge is 0.493 e. The number of hydrogen-bond acceptors (Lipinski definition) is 4. The molecule has 0 amide bonds. The van der Waals surface area contributed by atoms with Crippen LogP contribution in [-0.2, 0) is 6.42 Å².